The first-order chi connectivity index (χ1) is 9.58. The molecule has 0 radical (unpaired) electrons. The van der Waals surface area contributed by atoms with Gasteiger partial charge >= 0.3 is 5.69 Å². The summed E-state index contributed by atoms with van der Waals surface area (Å²) in [4.78, 5) is 10.6. The zero-order valence-corrected chi connectivity index (χ0v) is 12.0. The standard InChI is InChI=1S/C16H19NO3/c1-4-6-7-9-14(8-5-2)20-16-12-13(3)10-11-15(16)17(18)19/h5-12H,4H2,1-3H3/b7-6-,8-5-,14-9+. The summed E-state index contributed by atoms with van der Waals surface area (Å²) in [5.74, 6) is 0.815. The number of allylic oxidation sites excluding steroid dienone is 5. The van der Waals surface area contributed by atoms with E-state index in [1.165, 1.54) is 6.07 Å². The molecule has 0 aliphatic carbocycles. The minimum absolute atomic E-state index is 0.0366. The van der Waals surface area contributed by atoms with Crippen molar-refractivity contribution < 1.29 is 9.66 Å². The van der Waals surface area contributed by atoms with Gasteiger partial charge in [0.2, 0.25) is 5.75 Å². The molecule has 0 saturated carbocycles. The molecule has 0 N–H and O–H groups in total. The lowest BCUT2D eigenvalue weighted by atomic mass is 10.2. The molecule has 0 aliphatic heterocycles. The highest BCUT2D eigenvalue weighted by atomic mass is 16.6. The van der Waals surface area contributed by atoms with Crippen LogP contribution in [0.25, 0.3) is 0 Å². The number of hydrogen-bond acceptors (Lipinski definition) is 3. The Morgan fingerprint density at radius 1 is 1.45 bits per heavy atom. The zero-order chi connectivity index (χ0) is 15.0. The average Bonchev–Trinajstić information content (AvgIpc) is 2.39. The van der Waals surface area contributed by atoms with Gasteiger partial charge in [0.05, 0.1) is 4.92 Å². The third-order valence-electron chi connectivity index (χ3n) is 2.50. The Kier molecular flexibility index (Phi) is 6.23. The van der Waals surface area contributed by atoms with Gasteiger partial charge in [-0.1, -0.05) is 31.2 Å². The largest absolute Gasteiger partial charge is 0.450 e. The Morgan fingerprint density at radius 2 is 2.20 bits per heavy atom. The molecule has 0 atom stereocenters. The van der Waals surface area contributed by atoms with E-state index in [2.05, 4.69) is 0 Å². The molecule has 20 heavy (non-hydrogen) atoms. The fourth-order valence-electron chi connectivity index (χ4n) is 1.57. The van der Waals surface area contributed by atoms with Crippen molar-refractivity contribution in [3.05, 3.63) is 70.0 Å². The van der Waals surface area contributed by atoms with Crippen LogP contribution in [0.3, 0.4) is 0 Å². The molecule has 0 saturated heterocycles. The first kappa shape index (κ1) is 15.7. The van der Waals surface area contributed by atoms with Gasteiger partial charge in [-0.25, -0.2) is 0 Å². The molecular weight excluding hydrogens is 254 g/mol. The van der Waals surface area contributed by atoms with Crippen LogP contribution in [0.2, 0.25) is 0 Å². The summed E-state index contributed by atoms with van der Waals surface area (Å²) in [6, 6.07) is 4.82. The van der Waals surface area contributed by atoms with Crippen LogP contribution in [0.4, 0.5) is 5.69 Å². The highest BCUT2D eigenvalue weighted by Gasteiger charge is 2.15. The average molecular weight is 273 g/mol. The topological polar surface area (TPSA) is 52.4 Å². The Labute approximate surface area is 119 Å². The van der Waals surface area contributed by atoms with Crippen LogP contribution in [0.15, 0.2) is 54.3 Å². The van der Waals surface area contributed by atoms with Crippen molar-refractivity contribution in [2.75, 3.05) is 0 Å². The lowest BCUT2D eigenvalue weighted by molar-refractivity contribution is -0.385. The van der Waals surface area contributed by atoms with E-state index in [9.17, 15) is 10.1 Å². The molecule has 0 amide bonds. The second-order valence-corrected chi connectivity index (χ2v) is 4.24. The van der Waals surface area contributed by atoms with Crippen LogP contribution in [0.1, 0.15) is 25.8 Å². The van der Waals surface area contributed by atoms with Gasteiger partial charge in [0, 0.05) is 6.07 Å². The van der Waals surface area contributed by atoms with Crippen molar-refractivity contribution in [1.29, 1.82) is 0 Å². The molecule has 1 aromatic carbocycles. The maximum atomic E-state index is 11.0. The van der Waals surface area contributed by atoms with E-state index in [0.717, 1.165) is 12.0 Å². The summed E-state index contributed by atoms with van der Waals surface area (Å²) in [5.41, 5.74) is 0.875. The van der Waals surface area contributed by atoms with Gasteiger partial charge in [0.15, 0.2) is 0 Å². The number of benzene rings is 1. The van der Waals surface area contributed by atoms with Gasteiger partial charge in [-0.2, -0.15) is 0 Å². The quantitative estimate of drug-likeness (QED) is 0.326. The van der Waals surface area contributed by atoms with E-state index < -0.39 is 4.92 Å². The molecule has 0 aliphatic rings. The van der Waals surface area contributed by atoms with Gasteiger partial charge in [-0.15, -0.1) is 0 Å². The Bertz CT molecular complexity index is 557. The molecule has 4 heteroatoms. The fourth-order valence-corrected chi connectivity index (χ4v) is 1.57. The molecule has 1 aromatic rings. The van der Waals surface area contributed by atoms with Crippen molar-refractivity contribution >= 4 is 5.69 Å². The predicted molar refractivity (Wildman–Crippen MR) is 80.8 cm³/mol. The number of rotatable bonds is 6. The third kappa shape index (κ3) is 4.72. The fraction of sp³-hybridized carbons (Fsp3) is 0.250. The van der Waals surface area contributed by atoms with E-state index in [1.807, 2.05) is 39.0 Å². The van der Waals surface area contributed by atoms with Crippen molar-refractivity contribution in [1.82, 2.24) is 0 Å². The molecule has 106 valence electrons. The van der Waals surface area contributed by atoms with Crippen LogP contribution in [-0.2, 0) is 0 Å². The SMILES string of the molecule is C\C=C/C(=C\C=C/CC)Oc1cc(C)ccc1[N+](=O)[O-]. The van der Waals surface area contributed by atoms with Crippen molar-refractivity contribution in [2.45, 2.75) is 27.2 Å². The van der Waals surface area contributed by atoms with Gasteiger partial charge in [-0.05, 0) is 44.1 Å². The van der Waals surface area contributed by atoms with E-state index in [0.29, 0.717) is 5.76 Å². The van der Waals surface area contributed by atoms with Gasteiger partial charge < -0.3 is 4.74 Å². The number of nitrogens with zero attached hydrogens (tertiary/aromatic N) is 1. The minimum Gasteiger partial charge on any atom is -0.450 e. The molecule has 0 spiro atoms. The van der Waals surface area contributed by atoms with Crippen LogP contribution in [0.5, 0.6) is 5.75 Å². The normalized spacial score (nSPS) is 12.2. The van der Waals surface area contributed by atoms with Crippen LogP contribution in [0, 0.1) is 17.0 Å². The molecule has 0 unspecified atom stereocenters. The summed E-state index contributed by atoms with van der Waals surface area (Å²) in [5, 5.41) is 11.0. The second-order valence-electron chi connectivity index (χ2n) is 4.24. The maximum absolute atomic E-state index is 11.0. The molecular formula is C16H19NO3. The molecule has 0 fully saturated rings. The molecule has 0 aromatic heterocycles. The van der Waals surface area contributed by atoms with E-state index in [-0.39, 0.29) is 11.4 Å². The summed E-state index contributed by atoms with van der Waals surface area (Å²) in [6.45, 7) is 5.77. The minimum atomic E-state index is -0.441. The number of nitro benzene ring substituents is 1. The number of ether oxygens (including phenoxy) is 1. The number of hydrogen-bond donors (Lipinski definition) is 0. The number of aryl methyl sites for hydroxylation is 1. The summed E-state index contributed by atoms with van der Waals surface area (Å²) >= 11 is 0. The molecule has 4 nitrogen and oxygen atoms in total. The monoisotopic (exact) mass is 273 g/mol. The van der Waals surface area contributed by atoms with Gasteiger partial charge in [0.25, 0.3) is 0 Å². The maximum Gasteiger partial charge on any atom is 0.311 e. The van der Waals surface area contributed by atoms with Crippen molar-refractivity contribution in [3.63, 3.8) is 0 Å². The Hall–Kier alpha value is -2.36. The smallest absolute Gasteiger partial charge is 0.311 e. The molecule has 1 rings (SSSR count). The Balaban J connectivity index is 3.10. The lowest BCUT2D eigenvalue weighted by Gasteiger charge is -2.07. The van der Waals surface area contributed by atoms with E-state index in [1.54, 1.807) is 24.3 Å². The van der Waals surface area contributed by atoms with Gasteiger partial charge in [0.1, 0.15) is 5.76 Å². The summed E-state index contributed by atoms with van der Waals surface area (Å²) in [7, 11) is 0. The van der Waals surface area contributed by atoms with Crippen LogP contribution in [-0.4, -0.2) is 4.92 Å². The van der Waals surface area contributed by atoms with E-state index >= 15 is 0 Å². The first-order valence-corrected chi connectivity index (χ1v) is 6.51. The molecule has 0 bridgehead atoms. The third-order valence-corrected chi connectivity index (χ3v) is 2.50. The first-order valence-electron chi connectivity index (χ1n) is 6.51. The lowest BCUT2D eigenvalue weighted by Crippen LogP contribution is -1.97. The van der Waals surface area contributed by atoms with Crippen LogP contribution >= 0.6 is 0 Å². The summed E-state index contributed by atoms with van der Waals surface area (Å²) in [6.07, 6.45) is 10.2. The highest BCUT2D eigenvalue weighted by molar-refractivity contribution is 5.49. The summed E-state index contributed by atoms with van der Waals surface area (Å²) < 4.78 is 5.66. The molecule has 0 heterocycles. The van der Waals surface area contributed by atoms with Gasteiger partial charge in [-0.3, -0.25) is 10.1 Å². The van der Waals surface area contributed by atoms with Crippen molar-refractivity contribution in [3.8, 4) is 5.75 Å². The predicted octanol–water partition coefficient (Wildman–Crippen LogP) is 4.71. The Morgan fingerprint density at radius 3 is 2.80 bits per heavy atom. The highest BCUT2D eigenvalue weighted by Crippen LogP contribution is 2.29. The van der Waals surface area contributed by atoms with E-state index in [4.69, 9.17) is 4.74 Å². The van der Waals surface area contributed by atoms with Crippen LogP contribution < -0.4 is 4.74 Å². The van der Waals surface area contributed by atoms with Crippen molar-refractivity contribution in [2.24, 2.45) is 0 Å². The second kappa shape index (κ2) is 7.94. The zero-order valence-electron chi connectivity index (χ0n) is 12.0. The number of nitro groups is 1.